The Kier molecular flexibility index (Phi) is 5.16. The van der Waals surface area contributed by atoms with E-state index in [9.17, 15) is 19.8 Å². The van der Waals surface area contributed by atoms with Crippen LogP contribution in [0.15, 0.2) is 45.8 Å². The molecule has 0 aliphatic carbocycles. The number of anilines is 1. The number of fused-ring (bicyclic) bond motifs is 1. The zero-order valence-electron chi connectivity index (χ0n) is 17.1. The van der Waals surface area contributed by atoms with E-state index in [1.807, 2.05) is 6.07 Å². The van der Waals surface area contributed by atoms with Crippen molar-refractivity contribution in [1.82, 2.24) is 4.90 Å². The molecule has 3 atom stereocenters. The van der Waals surface area contributed by atoms with E-state index in [2.05, 4.69) is 28.6 Å². The van der Waals surface area contributed by atoms with E-state index in [0.717, 1.165) is 31.8 Å². The number of ether oxygens (including phenoxy) is 1. The van der Waals surface area contributed by atoms with Gasteiger partial charge < -0.3 is 19.3 Å². The molecule has 7 nitrogen and oxygen atoms in total. The Morgan fingerprint density at radius 3 is 2.84 bits per heavy atom. The minimum absolute atomic E-state index is 0.0742. The highest BCUT2D eigenvalue weighted by Gasteiger charge is 2.58. The van der Waals surface area contributed by atoms with Crippen LogP contribution >= 0.6 is 23.7 Å². The Labute approximate surface area is 188 Å². The summed E-state index contributed by atoms with van der Waals surface area (Å²) in [7, 11) is 1.31. The number of esters is 1. The van der Waals surface area contributed by atoms with E-state index in [1.165, 1.54) is 23.8 Å². The number of nitrogens with zero attached hydrogens (tertiary/aromatic N) is 2. The SMILES string of the molecule is COC(=O)C1=C(CN2Sc3cccc4cc(CCO)cc2c34)SC2[C@@H](C(C)O)C(=O)N12. The molecule has 31 heavy (non-hydrogen) atoms. The Bertz CT molecular complexity index is 1130. The van der Waals surface area contributed by atoms with Gasteiger partial charge in [-0.2, -0.15) is 0 Å². The number of hydrogen-bond acceptors (Lipinski definition) is 8. The standard InChI is InChI=1S/C22H22N2O5S2/c1-11(26)17-20(27)24-19(22(28)29-2)16(30-21(17)24)10-23-14-9-12(6-7-25)8-13-4-3-5-15(31-23)18(13)14/h3-5,8-9,11,17,21,25-26H,6-7,10H2,1-2H3/t11?,17-,21?/m0/s1. The number of aliphatic hydroxyl groups is 2. The first kappa shape index (κ1) is 20.7. The molecular weight excluding hydrogens is 436 g/mol. The lowest BCUT2D eigenvalue weighted by atomic mass is 9.92. The van der Waals surface area contributed by atoms with Crippen LogP contribution in [0, 0.1) is 5.92 Å². The molecule has 2 aromatic rings. The van der Waals surface area contributed by atoms with Crippen molar-refractivity contribution in [2.45, 2.75) is 29.7 Å². The lowest BCUT2D eigenvalue weighted by Crippen LogP contribution is -2.60. The minimum atomic E-state index is -0.778. The molecule has 5 rings (SSSR count). The van der Waals surface area contributed by atoms with Gasteiger partial charge in [-0.3, -0.25) is 9.69 Å². The number of methoxy groups -OCH3 is 1. The molecule has 0 saturated carbocycles. The summed E-state index contributed by atoms with van der Waals surface area (Å²) in [5, 5.41) is 21.4. The average Bonchev–Trinajstić information content (AvgIpc) is 3.24. The van der Waals surface area contributed by atoms with Crippen molar-refractivity contribution in [1.29, 1.82) is 0 Å². The highest BCUT2D eigenvalue weighted by Crippen LogP contribution is 2.53. The summed E-state index contributed by atoms with van der Waals surface area (Å²) in [6.45, 7) is 2.11. The molecular formula is C22H22N2O5S2. The third kappa shape index (κ3) is 3.14. The smallest absolute Gasteiger partial charge is 0.355 e. The fraction of sp³-hybridized carbons (Fsp3) is 0.364. The van der Waals surface area contributed by atoms with Crippen LogP contribution in [0.2, 0.25) is 0 Å². The van der Waals surface area contributed by atoms with Gasteiger partial charge in [0, 0.05) is 21.8 Å². The molecule has 0 radical (unpaired) electrons. The summed E-state index contributed by atoms with van der Waals surface area (Å²) in [5.74, 6) is -1.30. The van der Waals surface area contributed by atoms with E-state index in [1.54, 1.807) is 18.9 Å². The van der Waals surface area contributed by atoms with Crippen molar-refractivity contribution in [3.05, 3.63) is 46.5 Å². The van der Waals surface area contributed by atoms with Gasteiger partial charge in [0.25, 0.3) is 0 Å². The summed E-state index contributed by atoms with van der Waals surface area (Å²) >= 11 is 3.05. The Balaban J connectivity index is 1.52. The van der Waals surface area contributed by atoms with Crippen LogP contribution in [-0.2, 0) is 20.7 Å². The van der Waals surface area contributed by atoms with Crippen molar-refractivity contribution in [3.63, 3.8) is 0 Å². The topological polar surface area (TPSA) is 90.3 Å². The number of carbonyl (C=O) groups is 2. The van der Waals surface area contributed by atoms with E-state index in [-0.39, 0.29) is 23.6 Å². The Morgan fingerprint density at radius 1 is 1.32 bits per heavy atom. The number of thioether (sulfide) groups is 1. The molecule has 0 aromatic heterocycles. The van der Waals surface area contributed by atoms with Crippen LogP contribution in [0.3, 0.4) is 0 Å². The first-order valence-corrected chi connectivity index (χ1v) is 11.7. The van der Waals surface area contributed by atoms with Gasteiger partial charge in [0.15, 0.2) is 0 Å². The first-order chi connectivity index (χ1) is 14.9. The summed E-state index contributed by atoms with van der Waals surface area (Å²) in [4.78, 5) is 28.5. The van der Waals surface area contributed by atoms with Crippen LogP contribution in [0.25, 0.3) is 10.8 Å². The van der Waals surface area contributed by atoms with Crippen molar-refractivity contribution in [2.24, 2.45) is 5.92 Å². The summed E-state index contributed by atoms with van der Waals surface area (Å²) in [5.41, 5.74) is 2.36. The number of rotatable bonds is 6. The average molecular weight is 459 g/mol. The third-order valence-electron chi connectivity index (χ3n) is 5.89. The number of β-lactam (4-membered cyclic amide) rings is 1. The lowest BCUT2D eigenvalue weighted by Gasteiger charge is -2.43. The number of carbonyl (C=O) groups excluding carboxylic acids is 2. The molecule has 0 bridgehead atoms. The van der Waals surface area contributed by atoms with Crippen LogP contribution in [0.1, 0.15) is 12.5 Å². The van der Waals surface area contributed by atoms with Crippen molar-refractivity contribution in [2.75, 3.05) is 24.6 Å². The molecule has 1 amide bonds. The van der Waals surface area contributed by atoms with Crippen molar-refractivity contribution in [3.8, 4) is 0 Å². The van der Waals surface area contributed by atoms with E-state index in [4.69, 9.17) is 4.74 Å². The van der Waals surface area contributed by atoms with Crippen molar-refractivity contribution < 1.29 is 24.5 Å². The van der Waals surface area contributed by atoms with Gasteiger partial charge >= 0.3 is 5.97 Å². The highest BCUT2D eigenvalue weighted by molar-refractivity contribution is 8.04. The van der Waals surface area contributed by atoms with Crippen molar-refractivity contribution >= 4 is 52.0 Å². The molecule has 1 fully saturated rings. The molecule has 2 unspecified atom stereocenters. The largest absolute Gasteiger partial charge is 0.464 e. The maximum atomic E-state index is 12.6. The monoisotopic (exact) mass is 458 g/mol. The van der Waals surface area contributed by atoms with Gasteiger partial charge in [-0.25, -0.2) is 4.79 Å². The summed E-state index contributed by atoms with van der Waals surface area (Å²) in [6, 6.07) is 10.3. The van der Waals surface area contributed by atoms with Crippen LogP contribution < -0.4 is 4.31 Å². The van der Waals surface area contributed by atoms with Crippen LogP contribution in [0.5, 0.6) is 0 Å². The van der Waals surface area contributed by atoms with E-state index < -0.39 is 18.0 Å². The Hall–Kier alpha value is -2.20. The zero-order chi connectivity index (χ0) is 21.9. The van der Waals surface area contributed by atoms with Crippen LogP contribution in [0.4, 0.5) is 5.69 Å². The number of amides is 1. The molecule has 162 valence electrons. The molecule has 2 aromatic carbocycles. The number of aliphatic hydroxyl groups excluding tert-OH is 2. The molecule has 0 spiro atoms. The van der Waals surface area contributed by atoms with E-state index in [0.29, 0.717) is 13.0 Å². The Morgan fingerprint density at radius 2 is 2.13 bits per heavy atom. The van der Waals surface area contributed by atoms with Gasteiger partial charge in [0.05, 0.1) is 31.4 Å². The third-order valence-corrected chi connectivity index (χ3v) is 8.33. The molecule has 3 aliphatic rings. The predicted molar refractivity (Wildman–Crippen MR) is 120 cm³/mol. The van der Waals surface area contributed by atoms with Gasteiger partial charge in [0.1, 0.15) is 11.1 Å². The first-order valence-electron chi connectivity index (χ1n) is 10.1. The zero-order valence-corrected chi connectivity index (χ0v) is 18.7. The lowest BCUT2D eigenvalue weighted by molar-refractivity contribution is -0.157. The molecule has 2 N–H and O–H groups in total. The fourth-order valence-corrected chi connectivity index (χ4v) is 7.25. The van der Waals surface area contributed by atoms with Gasteiger partial charge in [-0.05, 0) is 48.4 Å². The maximum Gasteiger partial charge on any atom is 0.355 e. The quantitative estimate of drug-likeness (QED) is 0.388. The van der Waals surface area contributed by atoms with Crippen LogP contribution in [-0.4, -0.2) is 58.7 Å². The predicted octanol–water partition coefficient (Wildman–Crippen LogP) is 2.50. The number of hydrogen-bond donors (Lipinski definition) is 2. The molecule has 3 aliphatic heterocycles. The number of benzene rings is 2. The minimum Gasteiger partial charge on any atom is -0.464 e. The normalized spacial score (nSPS) is 22.8. The van der Waals surface area contributed by atoms with Gasteiger partial charge in [-0.15, -0.1) is 0 Å². The fourth-order valence-electron chi connectivity index (χ4n) is 4.45. The maximum absolute atomic E-state index is 12.6. The molecule has 3 heterocycles. The second-order valence-electron chi connectivity index (χ2n) is 7.82. The highest BCUT2D eigenvalue weighted by atomic mass is 32.2. The second-order valence-corrected chi connectivity index (χ2v) is 10.1. The summed E-state index contributed by atoms with van der Waals surface area (Å²) in [6.07, 6.45) is -0.212. The molecule has 9 heteroatoms. The van der Waals surface area contributed by atoms with Gasteiger partial charge in [0.2, 0.25) is 5.91 Å². The summed E-state index contributed by atoms with van der Waals surface area (Å²) < 4.78 is 7.10. The van der Waals surface area contributed by atoms with E-state index >= 15 is 0 Å². The van der Waals surface area contributed by atoms with Gasteiger partial charge in [-0.1, -0.05) is 30.0 Å². The molecule has 1 saturated heterocycles. The second kappa shape index (κ2) is 7.74.